The summed E-state index contributed by atoms with van der Waals surface area (Å²) in [4.78, 5) is 10.9. The minimum absolute atomic E-state index is 0.0993. The molecule has 0 bridgehead atoms. The molecule has 0 heterocycles. The summed E-state index contributed by atoms with van der Waals surface area (Å²) in [7, 11) is 1.17. The summed E-state index contributed by atoms with van der Waals surface area (Å²) in [5.74, 6) is -1.23. The van der Waals surface area contributed by atoms with E-state index in [1.165, 1.54) is 19.2 Å². The van der Waals surface area contributed by atoms with Crippen molar-refractivity contribution >= 4 is 21.9 Å². The van der Waals surface area contributed by atoms with E-state index in [2.05, 4.69) is 20.7 Å². The predicted molar refractivity (Wildman–Crippen MR) is 55.8 cm³/mol. The molecular weight excluding hydrogens is 267 g/mol. The van der Waals surface area contributed by atoms with Crippen LogP contribution in [-0.4, -0.2) is 24.3 Å². The van der Waals surface area contributed by atoms with Gasteiger partial charge in [-0.3, -0.25) is 0 Å². The van der Waals surface area contributed by atoms with E-state index in [-0.39, 0.29) is 12.0 Å². The quantitative estimate of drug-likeness (QED) is 0.855. The van der Waals surface area contributed by atoms with Crippen LogP contribution in [0.1, 0.15) is 5.56 Å². The zero-order chi connectivity index (χ0) is 11.4. The van der Waals surface area contributed by atoms with Crippen molar-refractivity contribution in [3.05, 3.63) is 34.1 Å². The van der Waals surface area contributed by atoms with Gasteiger partial charge in [0.2, 0.25) is 0 Å². The number of benzene rings is 1. The third-order valence-corrected chi connectivity index (χ3v) is 2.39. The highest BCUT2D eigenvalue weighted by Gasteiger charge is 2.17. The summed E-state index contributed by atoms with van der Waals surface area (Å²) < 4.78 is 18.2. The first kappa shape index (κ1) is 12.1. The Kier molecular flexibility index (Phi) is 4.23. The van der Waals surface area contributed by atoms with Crippen LogP contribution in [0.5, 0.6) is 0 Å². The first-order valence-corrected chi connectivity index (χ1v) is 5.03. The van der Waals surface area contributed by atoms with Crippen molar-refractivity contribution in [3.8, 4) is 0 Å². The average molecular weight is 277 g/mol. The summed E-state index contributed by atoms with van der Waals surface area (Å²) in [6.45, 7) is 0. The Labute approximate surface area is 95.0 Å². The number of aliphatic hydroxyl groups is 1. The van der Waals surface area contributed by atoms with Crippen LogP contribution in [0.2, 0.25) is 0 Å². The molecule has 0 spiro atoms. The molecule has 0 aliphatic heterocycles. The van der Waals surface area contributed by atoms with Crippen molar-refractivity contribution in [1.82, 2.24) is 0 Å². The number of hydrogen-bond donors (Lipinski definition) is 1. The SMILES string of the molecule is COC(=O)C(O)Cc1cc(Br)ccc1F. The largest absolute Gasteiger partial charge is 0.467 e. The second-order valence-corrected chi connectivity index (χ2v) is 3.89. The third-order valence-electron chi connectivity index (χ3n) is 1.89. The van der Waals surface area contributed by atoms with Gasteiger partial charge in [0.1, 0.15) is 5.82 Å². The zero-order valence-corrected chi connectivity index (χ0v) is 9.62. The maximum absolute atomic E-state index is 13.2. The number of methoxy groups -OCH3 is 1. The molecule has 0 fully saturated rings. The van der Waals surface area contributed by atoms with Crippen molar-refractivity contribution in [2.45, 2.75) is 12.5 Å². The summed E-state index contributed by atoms with van der Waals surface area (Å²) in [5, 5.41) is 9.33. The molecule has 0 saturated heterocycles. The molecule has 0 aliphatic rings. The molecule has 0 radical (unpaired) electrons. The van der Waals surface area contributed by atoms with Crippen molar-refractivity contribution in [2.24, 2.45) is 0 Å². The molecular formula is C10H10BrFO3. The second kappa shape index (κ2) is 5.23. The van der Waals surface area contributed by atoms with E-state index in [9.17, 15) is 14.3 Å². The summed E-state index contributed by atoms with van der Waals surface area (Å²) in [5.41, 5.74) is 0.266. The van der Waals surface area contributed by atoms with E-state index in [1.54, 1.807) is 6.07 Å². The van der Waals surface area contributed by atoms with E-state index >= 15 is 0 Å². The molecule has 82 valence electrons. The molecule has 5 heteroatoms. The van der Waals surface area contributed by atoms with Crippen molar-refractivity contribution in [1.29, 1.82) is 0 Å². The van der Waals surface area contributed by atoms with Gasteiger partial charge >= 0.3 is 5.97 Å². The number of esters is 1. The predicted octanol–water partition coefficient (Wildman–Crippen LogP) is 1.66. The van der Waals surface area contributed by atoms with E-state index < -0.39 is 17.9 Å². The lowest BCUT2D eigenvalue weighted by atomic mass is 10.1. The van der Waals surface area contributed by atoms with Gasteiger partial charge in [0.25, 0.3) is 0 Å². The summed E-state index contributed by atoms with van der Waals surface area (Å²) >= 11 is 3.18. The minimum Gasteiger partial charge on any atom is -0.467 e. The van der Waals surface area contributed by atoms with Crippen LogP contribution >= 0.6 is 15.9 Å². The van der Waals surface area contributed by atoms with Crippen LogP contribution in [0.3, 0.4) is 0 Å². The number of hydrogen-bond acceptors (Lipinski definition) is 3. The molecule has 15 heavy (non-hydrogen) atoms. The third kappa shape index (κ3) is 3.28. The first-order chi connectivity index (χ1) is 7.04. The number of carbonyl (C=O) groups is 1. The van der Waals surface area contributed by atoms with Crippen molar-refractivity contribution < 1.29 is 19.0 Å². The highest BCUT2D eigenvalue weighted by molar-refractivity contribution is 9.10. The topological polar surface area (TPSA) is 46.5 Å². The van der Waals surface area contributed by atoms with Crippen LogP contribution < -0.4 is 0 Å². The van der Waals surface area contributed by atoms with E-state index in [0.29, 0.717) is 4.47 Å². The van der Waals surface area contributed by atoms with E-state index in [1.807, 2.05) is 0 Å². The lowest BCUT2D eigenvalue weighted by Crippen LogP contribution is -2.24. The van der Waals surface area contributed by atoms with E-state index in [4.69, 9.17) is 0 Å². The fraction of sp³-hybridized carbons (Fsp3) is 0.300. The second-order valence-electron chi connectivity index (χ2n) is 2.98. The highest BCUT2D eigenvalue weighted by Crippen LogP contribution is 2.17. The van der Waals surface area contributed by atoms with Gasteiger partial charge in [0, 0.05) is 10.9 Å². The summed E-state index contributed by atoms with van der Waals surface area (Å²) in [6, 6.07) is 4.33. The van der Waals surface area contributed by atoms with E-state index in [0.717, 1.165) is 0 Å². The van der Waals surface area contributed by atoms with Crippen LogP contribution in [0.4, 0.5) is 4.39 Å². The number of rotatable bonds is 3. The molecule has 1 aromatic carbocycles. The van der Waals surface area contributed by atoms with Gasteiger partial charge in [-0.2, -0.15) is 0 Å². The first-order valence-electron chi connectivity index (χ1n) is 4.24. The Balaban J connectivity index is 2.80. The van der Waals surface area contributed by atoms with Gasteiger partial charge in [0.15, 0.2) is 6.10 Å². The molecule has 0 saturated carbocycles. The molecule has 0 aliphatic carbocycles. The average Bonchev–Trinajstić information content (AvgIpc) is 2.22. The molecule has 1 aromatic rings. The fourth-order valence-electron chi connectivity index (χ4n) is 1.13. The molecule has 1 N–H and O–H groups in total. The van der Waals surface area contributed by atoms with Crippen LogP contribution in [0, 0.1) is 5.82 Å². The minimum atomic E-state index is -1.33. The lowest BCUT2D eigenvalue weighted by molar-refractivity contribution is -0.150. The zero-order valence-electron chi connectivity index (χ0n) is 8.04. The molecule has 3 nitrogen and oxygen atoms in total. The van der Waals surface area contributed by atoms with Crippen molar-refractivity contribution in [2.75, 3.05) is 7.11 Å². The van der Waals surface area contributed by atoms with Gasteiger partial charge in [-0.25, -0.2) is 9.18 Å². The monoisotopic (exact) mass is 276 g/mol. The number of halogens is 2. The van der Waals surface area contributed by atoms with Crippen molar-refractivity contribution in [3.63, 3.8) is 0 Å². The Hall–Kier alpha value is -0.940. The van der Waals surface area contributed by atoms with Gasteiger partial charge < -0.3 is 9.84 Å². The normalized spacial score (nSPS) is 12.3. The lowest BCUT2D eigenvalue weighted by Gasteiger charge is -2.09. The molecule has 0 amide bonds. The number of aliphatic hydroxyl groups excluding tert-OH is 1. The van der Waals surface area contributed by atoms with Gasteiger partial charge in [-0.05, 0) is 23.8 Å². The smallest absolute Gasteiger partial charge is 0.335 e. The molecule has 1 atom stereocenters. The number of carbonyl (C=O) groups excluding carboxylic acids is 1. The Morgan fingerprint density at radius 2 is 2.33 bits per heavy atom. The Morgan fingerprint density at radius 3 is 2.93 bits per heavy atom. The number of ether oxygens (including phenoxy) is 1. The molecule has 1 rings (SSSR count). The fourth-order valence-corrected chi connectivity index (χ4v) is 1.54. The van der Waals surface area contributed by atoms with Crippen LogP contribution in [-0.2, 0) is 16.0 Å². The maximum atomic E-state index is 13.2. The van der Waals surface area contributed by atoms with Gasteiger partial charge in [-0.1, -0.05) is 15.9 Å². The van der Waals surface area contributed by atoms with Crippen LogP contribution in [0.15, 0.2) is 22.7 Å². The standard InChI is InChI=1S/C10H10BrFO3/c1-15-10(14)9(13)5-6-4-7(11)2-3-8(6)12/h2-4,9,13H,5H2,1H3. The summed E-state index contributed by atoms with van der Waals surface area (Å²) in [6.07, 6.45) is -1.43. The van der Waals surface area contributed by atoms with Gasteiger partial charge in [-0.15, -0.1) is 0 Å². The van der Waals surface area contributed by atoms with Crippen LogP contribution in [0.25, 0.3) is 0 Å². The molecule has 0 aromatic heterocycles. The Bertz CT molecular complexity index is 368. The molecule has 1 unspecified atom stereocenters. The highest BCUT2D eigenvalue weighted by atomic mass is 79.9. The maximum Gasteiger partial charge on any atom is 0.335 e. The van der Waals surface area contributed by atoms with Gasteiger partial charge in [0.05, 0.1) is 7.11 Å². The Morgan fingerprint density at radius 1 is 1.67 bits per heavy atom.